The average Bonchev–Trinajstić information content (AvgIpc) is 3.01. The summed E-state index contributed by atoms with van der Waals surface area (Å²) >= 11 is 0. The summed E-state index contributed by atoms with van der Waals surface area (Å²) in [7, 11) is -1.49. The predicted octanol–water partition coefficient (Wildman–Crippen LogP) is -0.318. The van der Waals surface area contributed by atoms with Crippen molar-refractivity contribution < 1.29 is 19.6 Å². The maximum atomic E-state index is 11.3. The lowest BCUT2D eigenvalue weighted by Gasteiger charge is -2.04. The van der Waals surface area contributed by atoms with Gasteiger partial charge in [-0.3, -0.25) is 4.79 Å². The van der Waals surface area contributed by atoms with Crippen LogP contribution in [0.25, 0.3) is 0 Å². The monoisotopic (exact) mass is 206 g/mol. The Bertz CT molecular complexity index is 356. The van der Waals surface area contributed by atoms with E-state index in [4.69, 9.17) is 14.8 Å². The van der Waals surface area contributed by atoms with E-state index in [1.807, 2.05) is 0 Å². The van der Waals surface area contributed by atoms with Crippen molar-refractivity contribution >= 4 is 18.6 Å². The third kappa shape index (κ3) is 2.58. The molecule has 0 aromatic heterocycles. The molecule has 0 radical (unpaired) electrons. The minimum atomic E-state index is -1.49. The molecule has 1 saturated carbocycles. The molecule has 0 heterocycles. The van der Waals surface area contributed by atoms with Gasteiger partial charge in [-0.2, -0.15) is 0 Å². The van der Waals surface area contributed by atoms with Gasteiger partial charge in [-0.15, -0.1) is 0 Å². The third-order valence-corrected chi connectivity index (χ3v) is 2.31. The van der Waals surface area contributed by atoms with Gasteiger partial charge in [-0.05, 0) is 30.4 Å². The minimum absolute atomic E-state index is 0.0631. The SMILES string of the molecule is O=C(Oc1ccc(B(O)O)cc1)C1CC1. The topological polar surface area (TPSA) is 66.8 Å². The van der Waals surface area contributed by atoms with Crippen LogP contribution in [0.1, 0.15) is 12.8 Å². The summed E-state index contributed by atoms with van der Waals surface area (Å²) in [6.07, 6.45) is 1.82. The maximum absolute atomic E-state index is 11.3. The molecule has 78 valence electrons. The second kappa shape index (κ2) is 4.04. The number of rotatable bonds is 3. The molecule has 0 aliphatic heterocycles. The molecule has 1 fully saturated rings. The van der Waals surface area contributed by atoms with Crippen molar-refractivity contribution in [3.63, 3.8) is 0 Å². The van der Waals surface area contributed by atoms with E-state index in [0.717, 1.165) is 12.8 Å². The fraction of sp³-hybridized carbons (Fsp3) is 0.300. The van der Waals surface area contributed by atoms with E-state index >= 15 is 0 Å². The molecule has 1 aromatic rings. The summed E-state index contributed by atoms with van der Waals surface area (Å²) in [4.78, 5) is 11.3. The Morgan fingerprint density at radius 3 is 2.33 bits per heavy atom. The first-order valence-electron chi connectivity index (χ1n) is 4.84. The molecule has 0 amide bonds. The van der Waals surface area contributed by atoms with Crippen LogP contribution in [0.2, 0.25) is 0 Å². The first-order valence-corrected chi connectivity index (χ1v) is 4.84. The highest BCUT2D eigenvalue weighted by Crippen LogP contribution is 2.30. The van der Waals surface area contributed by atoms with Crippen LogP contribution in [0.4, 0.5) is 0 Å². The van der Waals surface area contributed by atoms with Crippen LogP contribution < -0.4 is 10.2 Å². The molecule has 1 aliphatic carbocycles. The minimum Gasteiger partial charge on any atom is -0.426 e. The number of hydrogen-bond donors (Lipinski definition) is 2. The lowest BCUT2D eigenvalue weighted by molar-refractivity contribution is -0.135. The van der Waals surface area contributed by atoms with Crippen molar-refractivity contribution in [2.24, 2.45) is 5.92 Å². The Balaban J connectivity index is 2.00. The molecule has 2 N–H and O–H groups in total. The number of carbonyl (C=O) groups excluding carboxylic acids is 1. The van der Waals surface area contributed by atoms with E-state index in [9.17, 15) is 4.79 Å². The van der Waals surface area contributed by atoms with Gasteiger partial charge in [0.1, 0.15) is 5.75 Å². The molecule has 5 heteroatoms. The van der Waals surface area contributed by atoms with Gasteiger partial charge < -0.3 is 14.8 Å². The molecular formula is C10H11BO4. The highest BCUT2D eigenvalue weighted by atomic mass is 16.5. The molecule has 0 unspecified atom stereocenters. The van der Waals surface area contributed by atoms with Gasteiger partial charge in [0.15, 0.2) is 0 Å². The molecule has 0 bridgehead atoms. The first kappa shape index (κ1) is 10.2. The van der Waals surface area contributed by atoms with Gasteiger partial charge in [0, 0.05) is 0 Å². The van der Waals surface area contributed by atoms with Crippen molar-refractivity contribution in [2.75, 3.05) is 0 Å². The van der Waals surface area contributed by atoms with Gasteiger partial charge >= 0.3 is 13.1 Å². The number of benzene rings is 1. The second-order valence-electron chi connectivity index (χ2n) is 3.64. The number of esters is 1. The van der Waals surface area contributed by atoms with Crippen LogP contribution in [0.5, 0.6) is 5.75 Å². The number of hydrogen-bond acceptors (Lipinski definition) is 4. The smallest absolute Gasteiger partial charge is 0.426 e. The van der Waals surface area contributed by atoms with E-state index in [0.29, 0.717) is 11.2 Å². The Morgan fingerprint density at radius 1 is 1.27 bits per heavy atom. The molecule has 0 saturated heterocycles. The van der Waals surface area contributed by atoms with E-state index in [2.05, 4.69) is 0 Å². The molecule has 0 spiro atoms. The Kier molecular flexibility index (Phi) is 2.75. The summed E-state index contributed by atoms with van der Waals surface area (Å²) in [5.74, 6) is 0.303. The molecule has 1 aromatic carbocycles. The maximum Gasteiger partial charge on any atom is 0.488 e. The van der Waals surface area contributed by atoms with Gasteiger partial charge in [0.05, 0.1) is 5.92 Å². The van der Waals surface area contributed by atoms with Crippen LogP contribution in [0.15, 0.2) is 24.3 Å². The Labute approximate surface area is 87.6 Å². The van der Waals surface area contributed by atoms with Gasteiger partial charge in [0.25, 0.3) is 0 Å². The van der Waals surface area contributed by atoms with E-state index in [1.165, 1.54) is 12.1 Å². The van der Waals surface area contributed by atoms with E-state index in [-0.39, 0.29) is 11.9 Å². The van der Waals surface area contributed by atoms with Crippen molar-refractivity contribution in [1.82, 2.24) is 0 Å². The fourth-order valence-electron chi connectivity index (χ4n) is 1.23. The fourth-order valence-corrected chi connectivity index (χ4v) is 1.23. The predicted molar refractivity (Wildman–Crippen MR) is 54.6 cm³/mol. The molecule has 15 heavy (non-hydrogen) atoms. The zero-order valence-corrected chi connectivity index (χ0v) is 8.09. The summed E-state index contributed by atoms with van der Waals surface area (Å²) in [5, 5.41) is 17.7. The summed E-state index contributed by atoms with van der Waals surface area (Å²) in [5.41, 5.74) is 0.376. The van der Waals surface area contributed by atoms with Crippen LogP contribution >= 0.6 is 0 Å². The molecule has 2 rings (SSSR count). The van der Waals surface area contributed by atoms with E-state index < -0.39 is 7.12 Å². The zero-order chi connectivity index (χ0) is 10.8. The van der Waals surface area contributed by atoms with Crippen LogP contribution in [0, 0.1) is 5.92 Å². The summed E-state index contributed by atoms with van der Waals surface area (Å²) in [6.45, 7) is 0. The van der Waals surface area contributed by atoms with Crippen LogP contribution in [0.3, 0.4) is 0 Å². The molecular weight excluding hydrogens is 195 g/mol. The lowest BCUT2D eigenvalue weighted by atomic mass is 9.80. The first-order chi connectivity index (χ1) is 7.16. The standard InChI is InChI=1S/C10H11BO4/c12-10(7-1-2-7)15-9-5-3-8(4-6-9)11(13)14/h3-7,13-14H,1-2H2. The highest BCUT2D eigenvalue weighted by Gasteiger charge is 2.31. The largest absolute Gasteiger partial charge is 0.488 e. The highest BCUT2D eigenvalue weighted by molar-refractivity contribution is 6.58. The van der Waals surface area contributed by atoms with Gasteiger partial charge in [0.2, 0.25) is 0 Å². The Morgan fingerprint density at radius 2 is 1.87 bits per heavy atom. The van der Waals surface area contributed by atoms with Gasteiger partial charge in [-0.1, -0.05) is 12.1 Å². The van der Waals surface area contributed by atoms with Crippen LogP contribution in [-0.4, -0.2) is 23.1 Å². The second-order valence-corrected chi connectivity index (χ2v) is 3.64. The lowest BCUT2D eigenvalue weighted by Crippen LogP contribution is -2.29. The van der Waals surface area contributed by atoms with E-state index in [1.54, 1.807) is 12.1 Å². The number of carbonyl (C=O) groups is 1. The average molecular weight is 206 g/mol. The molecule has 0 atom stereocenters. The molecule has 4 nitrogen and oxygen atoms in total. The van der Waals surface area contributed by atoms with Crippen LogP contribution in [-0.2, 0) is 4.79 Å². The molecule has 1 aliphatic rings. The Hall–Kier alpha value is -1.33. The van der Waals surface area contributed by atoms with Crippen molar-refractivity contribution in [2.45, 2.75) is 12.8 Å². The third-order valence-electron chi connectivity index (χ3n) is 2.31. The van der Waals surface area contributed by atoms with Crippen molar-refractivity contribution in [3.05, 3.63) is 24.3 Å². The van der Waals surface area contributed by atoms with Crippen molar-refractivity contribution in [3.8, 4) is 5.75 Å². The quantitative estimate of drug-likeness (QED) is 0.404. The van der Waals surface area contributed by atoms with Crippen molar-refractivity contribution in [1.29, 1.82) is 0 Å². The summed E-state index contributed by atoms with van der Waals surface area (Å²) < 4.78 is 5.07. The number of ether oxygens (including phenoxy) is 1. The normalized spacial score (nSPS) is 14.8. The zero-order valence-electron chi connectivity index (χ0n) is 8.09. The summed E-state index contributed by atoms with van der Waals surface area (Å²) in [6, 6.07) is 6.13. The van der Waals surface area contributed by atoms with Gasteiger partial charge in [-0.25, -0.2) is 0 Å².